The minimum absolute atomic E-state index is 0.0136. The summed E-state index contributed by atoms with van der Waals surface area (Å²) in [6.07, 6.45) is 0. The lowest BCUT2D eigenvalue weighted by Gasteiger charge is -2.09. The summed E-state index contributed by atoms with van der Waals surface area (Å²) in [5, 5.41) is 6.40. The molecule has 132 valence electrons. The van der Waals surface area contributed by atoms with Crippen LogP contribution in [0.15, 0.2) is 53.4 Å². The fourth-order valence-electron chi connectivity index (χ4n) is 1.92. The number of hydrogen-bond donors (Lipinski definition) is 2. The number of rotatable bonds is 7. The molecule has 0 unspecified atom stereocenters. The molecule has 2 amide bonds. The minimum atomic E-state index is -0.0582. The van der Waals surface area contributed by atoms with Gasteiger partial charge in [0.2, 0.25) is 11.8 Å². The average molecular weight is 377 g/mol. The largest absolute Gasteiger partial charge is 0.351 e. The Hall–Kier alpha value is -1.98. The molecule has 2 aromatic carbocycles. The molecule has 2 aromatic rings. The number of anilines is 1. The second-order valence-corrected chi connectivity index (χ2v) is 7.35. The number of carbonyl (C=O) groups is 2. The molecule has 0 saturated heterocycles. The molecule has 0 aliphatic carbocycles. The van der Waals surface area contributed by atoms with Crippen molar-refractivity contribution in [3.63, 3.8) is 0 Å². The van der Waals surface area contributed by atoms with Crippen LogP contribution in [-0.2, 0) is 16.1 Å². The predicted molar refractivity (Wildman–Crippen MR) is 104 cm³/mol. The molecule has 0 bridgehead atoms. The molecular weight excluding hydrogens is 356 g/mol. The van der Waals surface area contributed by atoms with Gasteiger partial charge >= 0.3 is 0 Å². The number of thioether (sulfide) groups is 1. The summed E-state index contributed by atoms with van der Waals surface area (Å²) in [7, 11) is 0. The Morgan fingerprint density at radius 2 is 1.68 bits per heavy atom. The van der Waals surface area contributed by atoms with Crippen molar-refractivity contribution < 1.29 is 9.59 Å². The van der Waals surface area contributed by atoms with Gasteiger partial charge in [0.25, 0.3) is 0 Å². The number of carbonyl (C=O) groups excluding carboxylic acids is 2. The standard InChI is InChI=1S/C19H21ClN2O2S/c1-13(2)19(24)22-16-7-3-14(4-8-16)11-21-18(23)12-25-17-9-5-15(20)6-10-17/h3-10,13H,11-12H2,1-2H3,(H,21,23)(H,22,24). The Balaban J connectivity index is 1.75. The molecule has 0 heterocycles. The third-order valence-electron chi connectivity index (χ3n) is 3.42. The van der Waals surface area contributed by atoms with Gasteiger partial charge in [0, 0.05) is 28.1 Å². The third kappa shape index (κ3) is 6.80. The third-order valence-corrected chi connectivity index (χ3v) is 4.68. The molecule has 4 nitrogen and oxygen atoms in total. The fraction of sp³-hybridized carbons (Fsp3) is 0.263. The highest BCUT2D eigenvalue weighted by molar-refractivity contribution is 8.00. The van der Waals surface area contributed by atoms with Gasteiger partial charge in [0.15, 0.2) is 0 Å². The first-order valence-electron chi connectivity index (χ1n) is 7.99. The van der Waals surface area contributed by atoms with E-state index in [4.69, 9.17) is 11.6 Å². The van der Waals surface area contributed by atoms with E-state index in [0.717, 1.165) is 16.1 Å². The Kier molecular flexibility index (Phi) is 7.34. The Labute approximate surface area is 157 Å². The minimum Gasteiger partial charge on any atom is -0.351 e. The molecule has 0 aliphatic rings. The van der Waals surface area contributed by atoms with Crippen LogP contribution in [0.3, 0.4) is 0 Å². The van der Waals surface area contributed by atoms with E-state index in [9.17, 15) is 9.59 Å². The van der Waals surface area contributed by atoms with E-state index in [1.54, 1.807) is 12.1 Å². The summed E-state index contributed by atoms with van der Waals surface area (Å²) in [5.74, 6) is 0.249. The van der Waals surface area contributed by atoms with E-state index in [1.165, 1.54) is 11.8 Å². The van der Waals surface area contributed by atoms with Crippen LogP contribution in [0, 0.1) is 5.92 Å². The maximum atomic E-state index is 11.9. The number of benzene rings is 2. The summed E-state index contributed by atoms with van der Waals surface area (Å²) in [4.78, 5) is 24.6. The highest BCUT2D eigenvalue weighted by Crippen LogP contribution is 2.20. The van der Waals surface area contributed by atoms with Crippen LogP contribution in [0.4, 0.5) is 5.69 Å². The molecule has 0 spiro atoms. The quantitative estimate of drug-likeness (QED) is 0.706. The lowest BCUT2D eigenvalue weighted by atomic mass is 10.1. The second-order valence-electron chi connectivity index (χ2n) is 5.86. The first-order valence-corrected chi connectivity index (χ1v) is 9.35. The summed E-state index contributed by atoms with van der Waals surface area (Å²) in [5.41, 5.74) is 1.74. The van der Waals surface area contributed by atoms with Gasteiger partial charge in [-0.2, -0.15) is 0 Å². The van der Waals surface area contributed by atoms with Crippen LogP contribution in [-0.4, -0.2) is 17.6 Å². The molecule has 2 N–H and O–H groups in total. The van der Waals surface area contributed by atoms with Crippen molar-refractivity contribution in [2.75, 3.05) is 11.1 Å². The monoisotopic (exact) mass is 376 g/mol. The zero-order valence-electron chi connectivity index (χ0n) is 14.2. The van der Waals surface area contributed by atoms with Crippen molar-refractivity contribution in [2.45, 2.75) is 25.3 Å². The summed E-state index contributed by atoms with van der Waals surface area (Å²) < 4.78 is 0. The highest BCUT2D eigenvalue weighted by atomic mass is 35.5. The van der Waals surface area contributed by atoms with Crippen molar-refractivity contribution >= 4 is 40.9 Å². The zero-order valence-corrected chi connectivity index (χ0v) is 15.8. The van der Waals surface area contributed by atoms with Crippen LogP contribution in [0.2, 0.25) is 5.02 Å². The van der Waals surface area contributed by atoms with Crippen LogP contribution in [0.25, 0.3) is 0 Å². The van der Waals surface area contributed by atoms with Gasteiger partial charge in [-0.3, -0.25) is 9.59 Å². The fourth-order valence-corrected chi connectivity index (χ4v) is 2.78. The van der Waals surface area contributed by atoms with Gasteiger partial charge < -0.3 is 10.6 Å². The first kappa shape index (κ1) is 19.3. The Morgan fingerprint density at radius 1 is 1.04 bits per heavy atom. The topological polar surface area (TPSA) is 58.2 Å². The van der Waals surface area contributed by atoms with Crippen LogP contribution in [0.1, 0.15) is 19.4 Å². The number of hydrogen-bond acceptors (Lipinski definition) is 3. The predicted octanol–water partition coefficient (Wildman–Crippen LogP) is 4.34. The highest BCUT2D eigenvalue weighted by Gasteiger charge is 2.07. The molecule has 0 saturated carbocycles. The zero-order chi connectivity index (χ0) is 18.2. The molecule has 25 heavy (non-hydrogen) atoms. The molecule has 0 radical (unpaired) electrons. The van der Waals surface area contributed by atoms with Gasteiger partial charge in [-0.05, 0) is 42.0 Å². The SMILES string of the molecule is CC(C)C(=O)Nc1ccc(CNC(=O)CSc2ccc(Cl)cc2)cc1. The van der Waals surface area contributed by atoms with Crippen molar-refractivity contribution in [2.24, 2.45) is 5.92 Å². The van der Waals surface area contributed by atoms with Gasteiger partial charge in [-0.15, -0.1) is 11.8 Å². The maximum absolute atomic E-state index is 11.9. The lowest BCUT2D eigenvalue weighted by molar-refractivity contribution is -0.119. The summed E-state index contributed by atoms with van der Waals surface area (Å²) in [6.45, 7) is 4.15. The van der Waals surface area contributed by atoms with Crippen LogP contribution < -0.4 is 10.6 Å². The van der Waals surface area contributed by atoms with E-state index >= 15 is 0 Å². The maximum Gasteiger partial charge on any atom is 0.230 e. The molecular formula is C19H21ClN2O2S. The van der Waals surface area contributed by atoms with E-state index in [1.807, 2.05) is 50.2 Å². The molecule has 2 rings (SSSR count). The number of nitrogens with one attached hydrogen (secondary N) is 2. The van der Waals surface area contributed by atoms with E-state index in [2.05, 4.69) is 10.6 Å². The summed E-state index contributed by atoms with van der Waals surface area (Å²) in [6, 6.07) is 14.9. The smallest absolute Gasteiger partial charge is 0.230 e. The average Bonchev–Trinajstić information content (AvgIpc) is 2.60. The summed E-state index contributed by atoms with van der Waals surface area (Å²) >= 11 is 7.30. The van der Waals surface area contributed by atoms with E-state index in [-0.39, 0.29) is 17.7 Å². The van der Waals surface area contributed by atoms with Crippen molar-refractivity contribution in [1.29, 1.82) is 0 Å². The number of amides is 2. The van der Waals surface area contributed by atoms with Crippen molar-refractivity contribution in [1.82, 2.24) is 5.32 Å². The van der Waals surface area contributed by atoms with E-state index in [0.29, 0.717) is 17.3 Å². The molecule has 0 fully saturated rings. The molecule has 0 aliphatic heterocycles. The first-order chi connectivity index (χ1) is 11.9. The van der Waals surface area contributed by atoms with E-state index < -0.39 is 0 Å². The molecule has 6 heteroatoms. The Morgan fingerprint density at radius 3 is 2.28 bits per heavy atom. The van der Waals surface area contributed by atoms with Gasteiger partial charge in [0.05, 0.1) is 5.75 Å². The van der Waals surface area contributed by atoms with Crippen LogP contribution in [0.5, 0.6) is 0 Å². The van der Waals surface area contributed by atoms with Gasteiger partial charge in [0.1, 0.15) is 0 Å². The normalized spacial score (nSPS) is 10.6. The molecule has 0 atom stereocenters. The van der Waals surface area contributed by atoms with Gasteiger partial charge in [-0.25, -0.2) is 0 Å². The molecule has 0 aromatic heterocycles. The lowest BCUT2D eigenvalue weighted by Crippen LogP contribution is -2.24. The second kappa shape index (κ2) is 9.49. The van der Waals surface area contributed by atoms with Crippen molar-refractivity contribution in [3.05, 3.63) is 59.1 Å². The number of halogens is 1. The van der Waals surface area contributed by atoms with Crippen molar-refractivity contribution in [3.8, 4) is 0 Å². The van der Waals surface area contributed by atoms with Gasteiger partial charge in [-0.1, -0.05) is 37.6 Å². The van der Waals surface area contributed by atoms with Crippen LogP contribution >= 0.6 is 23.4 Å². The Bertz CT molecular complexity index is 715.